The lowest BCUT2D eigenvalue weighted by atomic mass is 10.5. The van der Waals surface area contributed by atoms with Crippen LogP contribution in [-0.4, -0.2) is 21.3 Å². The Morgan fingerprint density at radius 3 is 1.40 bits per heavy atom. The molecule has 0 aliphatic rings. The van der Waals surface area contributed by atoms with E-state index in [-0.39, 0.29) is 12.2 Å². The lowest BCUT2D eigenvalue weighted by Crippen LogP contribution is -2.49. The van der Waals surface area contributed by atoms with Crippen molar-refractivity contribution in [2.45, 2.75) is 39.9 Å². The van der Waals surface area contributed by atoms with Crippen molar-refractivity contribution in [2.24, 2.45) is 0 Å². The largest absolute Gasteiger partial charge is 0.820 e. The smallest absolute Gasteiger partial charge is 0.478 e. The van der Waals surface area contributed by atoms with Gasteiger partial charge in [0.1, 0.15) is 0 Å². The van der Waals surface area contributed by atoms with Gasteiger partial charge in [0.25, 0.3) is 0 Å². The number of rotatable bonds is 8. The van der Waals surface area contributed by atoms with E-state index < -0.39 is 9.05 Å². The second-order valence-corrected chi connectivity index (χ2v) is 5.35. The third-order valence-electron chi connectivity index (χ3n) is 1.22. The quantitative estimate of drug-likeness (QED) is 0.476. The Morgan fingerprint density at radius 1 is 0.867 bits per heavy atom. The fraction of sp³-hybridized carbons (Fsp3) is 0.600. The van der Waals surface area contributed by atoms with Crippen LogP contribution < -0.4 is 0 Å². The Hall–Kier alpha value is -0.783. The molecule has 0 saturated heterocycles. The van der Waals surface area contributed by atoms with Crippen LogP contribution in [0.25, 0.3) is 0 Å². The van der Waals surface area contributed by atoms with E-state index in [1.165, 1.54) is 12.5 Å². The van der Waals surface area contributed by atoms with Crippen molar-refractivity contribution in [3.8, 4) is 0 Å². The summed E-state index contributed by atoms with van der Waals surface area (Å²) in [6.45, 7) is 14.5. The Kier molecular flexibility index (Phi) is 6.31. The fourth-order valence-electron chi connectivity index (χ4n) is 0.948. The van der Waals surface area contributed by atoms with E-state index in [1.54, 1.807) is 0 Å². The van der Waals surface area contributed by atoms with E-state index in [0.717, 1.165) is 0 Å². The van der Waals surface area contributed by atoms with Crippen LogP contribution in [0, 0.1) is 0 Å². The molecule has 0 aromatic rings. The van der Waals surface area contributed by atoms with Crippen LogP contribution in [0.4, 0.5) is 0 Å². The Morgan fingerprint density at radius 2 is 1.20 bits per heavy atom. The molecule has 0 aromatic carbocycles. The molecule has 0 aliphatic heterocycles. The summed E-state index contributed by atoms with van der Waals surface area (Å²) in [4.78, 5) is 0. The van der Waals surface area contributed by atoms with Crippen molar-refractivity contribution in [1.82, 2.24) is 0 Å². The first-order valence-corrected chi connectivity index (χ1v) is 6.52. The average Bonchev–Trinajstić information content (AvgIpc) is 2.01. The highest BCUT2D eigenvalue weighted by atomic mass is 28.4. The van der Waals surface area contributed by atoms with Gasteiger partial charge in [-0.15, -0.1) is 0 Å². The number of hydrogen-bond acceptors (Lipinski definition) is 4. The zero-order valence-electron chi connectivity index (χ0n) is 9.86. The van der Waals surface area contributed by atoms with E-state index in [9.17, 15) is 0 Å². The zero-order valence-corrected chi connectivity index (χ0v) is 10.9. The summed E-state index contributed by atoms with van der Waals surface area (Å²) in [5, 5.41) is 0. The molecule has 0 aliphatic carbocycles. The van der Waals surface area contributed by atoms with Gasteiger partial charge in [0.05, 0.1) is 12.5 Å². The second-order valence-electron chi connectivity index (χ2n) is 3.40. The first kappa shape index (κ1) is 14.2. The van der Waals surface area contributed by atoms with Crippen molar-refractivity contribution in [1.29, 1.82) is 0 Å². The summed E-state index contributed by atoms with van der Waals surface area (Å²) in [5.41, 5.74) is 0. The first-order chi connectivity index (χ1) is 6.95. The SMILES string of the molecule is C=CO[Si](OC=C)(OC(C)C)OC(C)C. The van der Waals surface area contributed by atoms with Crippen LogP contribution in [0.5, 0.6) is 0 Å². The third-order valence-corrected chi connectivity index (χ3v) is 3.65. The lowest BCUT2D eigenvalue weighted by Gasteiger charge is -2.28. The first-order valence-electron chi connectivity index (χ1n) is 4.89. The summed E-state index contributed by atoms with van der Waals surface area (Å²) in [6, 6.07) is 0. The van der Waals surface area contributed by atoms with Gasteiger partial charge in [-0.05, 0) is 27.7 Å². The molecule has 0 atom stereocenters. The van der Waals surface area contributed by atoms with E-state index in [0.29, 0.717) is 0 Å². The van der Waals surface area contributed by atoms with Gasteiger partial charge in [-0.25, -0.2) is 0 Å². The zero-order chi connectivity index (χ0) is 11.9. The van der Waals surface area contributed by atoms with Crippen LogP contribution in [0.2, 0.25) is 0 Å². The molecule has 15 heavy (non-hydrogen) atoms. The second kappa shape index (κ2) is 6.65. The Labute approximate surface area is 93.0 Å². The highest BCUT2D eigenvalue weighted by molar-refractivity contribution is 6.54. The highest BCUT2D eigenvalue weighted by Crippen LogP contribution is 2.17. The lowest BCUT2D eigenvalue weighted by molar-refractivity contribution is -0.0230. The van der Waals surface area contributed by atoms with E-state index >= 15 is 0 Å². The standard InChI is InChI=1S/C10H20O4Si/c1-7-11-15(12-8-2,13-9(3)4)14-10(5)6/h7-10H,1-2H2,3-6H3. The summed E-state index contributed by atoms with van der Waals surface area (Å²) >= 11 is 0. The van der Waals surface area contributed by atoms with Crippen molar-refractivity contribution < 1.29 is 17.7 Å². The normalized spacial score (nSPS) is 11.6. The van der Waals surface area contributed by atoms with Crippen molar-refractivity contribution in [2.75, 3.05) is 0 Å². The maximum atomic E-state index is 5.56. The summed E-state index contributed by atoms with van der Waals surface area (Å²) in [7, 11) is -3.16. The van der Waals surface area contributed by atoms with Gasteiger partial charge in [-0.2, -0.15) is 0 Å². The third kappa shape index (κ3) is 5.61. The molecule has 0 bridgehead atoms. The molecule has 0 unspecified atom stereocenters. The minimum absolute atomic E-state index is 0.0599. The van der Waals surface area contributed by atoms with Gasteiger partial charge < -0.3 is 17.7 Å². The minimum Gasteiger partial charge on any atom is -0.478 e. The van der Waals surface area contributed by atoms with Crippen molar-refractivity contribution in [3.05, 3.63) is 25.7 Å². The molecule has 0 amide bonds. The maximum absolute atomic E-state index is 5.56. The van der Waals surface area contributed by atoms with Gasteiger partial charge >= 0.3 is 9.05 Å². The molecule has 0 radical (unpaired) electrons. The maximum Gasteiger partial charge on any atom is 0.820 e. The highest BCUT2D eigenvalue weighted by Gasteiger charge is 2.51. The summed E-state index contributed by atoms with van der Waals surface area (Å²) in [5.74, 6) is 0. The van der Waals surface area contributed by atoms with Gasteiger partial charge in [-0.3, -0.25) is 0 Å². The molecule has 0 heterocycles. The molecule has 0 aromatic heterocycles. The Balaban J connectivity index is 4.69. The van der Waals surface area contributed by atoms with E-state index in [1.807, 2.05) is 27.7 Å². The predicted molar refractivity (Wildman–Crippen MR) is 60.8 cm³/mol. The average molecular weight is 232 g/mol. The molecule has 5 heteroatoms. The monoisotopic (exact) mass is 232 g/mol. The van der Waals surface area contributed by atoms with Crippen LogP contribution in [0.1, 0.15) is 27.7 Å². The molecule has 0 spiro atoms. The molecule has 0 saturated carbocycles. The van der Waals surface area contributed by atoms with Gasteiger partial charge in [-0.1, -0.05) is 13.2 Å². The topological polar surface area (TPSA) is 36.9 Å². The molecule has 0 fully saturated rings. The van der Waals surface area contributed by atoms with Crippen LogP contribution in [0.3, 0.4) is 0 Å². The molecule has 88 valence electrons. The Bertz CT molecular complexity index is 182. The molecule has 0 rings (SSSR count). The van der Waals surface area contributed by atoms with Crippen LogP contribution in [-0.2, 0) is 17.7 Å². The van der Waals surface area contributed by atoms with Crippen LogP contribution >= 0.6 is 0 Å². The van der Waals surface area contributed by atoms with Crippen molar-refractivity contribution in [3.63, 3.8) is 0 Å². The van der Waals surface area contributed by atoms with Gasteiger partial charge in [0.15, 0.2) is 0 Å². The molecule has 4 nitrogen and oxygen atoms in total. The van der Waals surface area contributed by atoms with Crippen molar-refractivity contribution >= 4 is 9.05 Å². The fourth-order valence-corrected chi connectivity index (χ4v) is 2.84. The van der Waals surface area contributed by atoms with E-state index in [2.05, 4.69) is 13.2 Å². The predicted octanol–water partition coefficient (Wildman–Crippen LogP) is 2.59. The van der Waals surface area contributed by atoms with Gasteiger partial charge in [0, 0.05) is 12.2 Å². The molecular formula is C10H20O4Si. The van der Waals surface area contributed by atoms with E-state index in [4.69, 9.17) is 17.7 Å². The minimum atomic E-state index is -3.16. The number of hydrogen-bond donors (Lipinski definition) is 0. The molecule has 0 N–H and O–H groups in total. The molecular weight excluding hydrogens is 212 g/mol. The summed E-state index contributed by atoms with van der Waals surface area (Å²) in [6.07, 6.45) is 2.41. The summed E-state index contributed by atoms with van der Waals surface area (Å²) < 4.78 is 21.6. The van der Waals surface area contributed by atoms with Crippen LogP contribution in [0.15, 0.2) is 25.7 Å². The van der Waals surface area contributed by atoms with Gasteiger partial charge in [0.2, 0.25) is 0 Å².